The van der Waals surface area contributed by atoms with Crippen molar-refractivity contribution < 1.29 is 0 Å². The molecule has 6 rings (SSSR count). The van der Waals surface area contributed by atoms with Gasteiger partial charge in [-0.25, -0.2) is 9.97 Å². The summed E-state index contributed by atoms with van der Waals surface area (Å²) in [7, 11) is 0. The summed E-state index contributed by atoms with van der Waals surface area (Å²) in [6, 6.07) is 18.1. The van der Waals surface area contributed by atoms with Gasteiger partial charge in [-0.15, -0.1) is 0 Å². The highest BCUT2D eigenvalue weighted by Gasteiger charge is 2.09. The molecule has 0 spiro atoms. The van der Waals surface area contributed by atoms with Crippen LogP contribution in [0.2, 0.25) is 0 Å². The molecule has 0 fully saturated rings. The zero-order valence-electron chi connectivity index (χ0n) is 16.3. The Kier molecular flexibility index (Phi) is 3.92. The summed E-state index contributed by atoms with van der Waals surface area (Å²) in [5.41, 5.74) is 4.87. The maximum atomic E-state index is 4.72. The zero-order chi connectivity index (χ0) is 20.6. The monoisotopic (exact) mass is 404 g/mol. The molecule has 0 amide bonds. The summed E-state index contributed by atoms with van der Waals surface area (Å²) in [5.74, 6) is 1.37. The molecule has 148 valence electrons. The van der Waals surface area contributed by atoms with E-state index in [-0.39, 0.29) is 0 Å². The molecule has 31 heavy (non-hydrogen) atoms. The summed E-state index contributed by atoms with van der Waals surface area (Å²) in [6.45, 7) is 0. The lowest BCUT2D eigenvalue weighted by atomic mass is 10.1. The van der Waals surface area contributed by atoms with Gasteiger partial charge in [0.25, 0.3) is 0 Å². The number of fused-ring (bicyclic) bond motifs is 2. The van der Waals surface area contributed by atoms with Gasteiger partial charge in [0.2, 0.25) is 0 Å². The predicted molar refractivity (Wildman–Crippen MR) is 119 cm³/mol. The van der Waals surface area contributed by atoms with Gasteiger partial charge in [-0.1, -0.05) is 12.1 Å². The Labute approximate surface area is 176 Å². The lowest BCUT2D eigenvalue weighted by Gasteiger charge is -2.08. The van der Waals surface area contributed by atoms with Crippen LogP contribution in [-0.2, 0) is 0 Å². The number of aromatic nitrogens is 7. The topological polar surface area (TPSA) is 97.2 Å². The Balaban J connectivity index is 1.36. The van der Waals surface area contributed by atoms with E-state index in [9.17, 15) is 0 Å². The van der Waals surface area contributed by atoms with Gasteiger partial charge in [-0.05, 0) is 47.9 Å². The number of aromatic amines is 1. The van der Waals surface area contributed by atoms with E-state index >= 15 is 0 Å². The number of hydrogen-bond acceptors (Lipinski definition) is 6. The molecule has 0 atom stereocenters. The van der Waals surface area contributed by atoms with Gasteiger partial charge in [0, 0.05) is 29.0 Å². The van der Waals surface area contributed by atoms with E-state index in [0.717, 1.165) is 44.6 Å². The van der Waals surface area contributed by atoms with Crippen molar-refractivity contribution in [3.8, 4) is 17.1 Å². The van der Waals surface area contributed by atoms with Gasteiger partial charge in [-0.3, -0.25) is 5.10 Å². The van der Waals surface area contributed by atoms with Crippen LogP contribution < -0.4 is 5.32 Å². The van der Waals surface area contributed by atoms with Crippen molar-refractivity contribution >= 4 is 33.3 Å². The maximum absolute atomic E-state index is 4.72. The molecule has 4 heterocycles. The number of benzene rings is 2. The largest absolute Gasteiger partial charge is 0.340 e. The number of nitrogens with one attached hydrogen (secondary N) is 2. The lowest BCUT2D eigenvalue weighted by Crippen LogP contribution is -1.97. The van der Waals surface area contributed by atoms with Crippen LogP contribution in [0.15, 0.2) is 85.6 Å². The van der Waals surface area contributed by atoms with Crippen molar-refractivity contribution in [3.63, 3.8) is 0 Å². The van der Waals surface area contributed by atoms with Gasteiger partial charge >= 0.3 is 0 Å². The molecule has 2 aromatic carbocycles. The van der Waals surface area contributed by atoms with Crippen LogP contribution in [0.5, 0.6) is 0 Å². The van der Waals surface area contributed by atoms with E-state index in [1.807, 2.05) is 42.6 Å². The van der Waals surface area contributed by atoms with Crippen LogP contribution in [0.25, 0.3) is 38.9 Å². The van der Waals surface area contributed by atoms with E-state index in [0.29, 0.717) is 5.82 Å². The van der Waals surface area contributed by atoms with Crippen molar-refractivity contribution in [2.45, 2.75) is 0 Å². The maximum Gasteiger partial charge on any atom is 0.161 e. The Morgan fingerprint density at radius 2 is 1.84 bits per heavy atom. The minimum absolute atomic E-state index is 0.650. The molecular formula is C23H16N8. The number of anilines is 2. The normalized spacial score (nSPS) is 11.2. The van der Waals surface area contributed by atoms with Crippen LogP contribution in [-0.4, -0.2) is 34.9 Å². The average molecular weight is 404 g/mol. The second-order valence-electron chi connectivity index (χ2n) is 7.12. The van der Waals surface area contributed by atoms with Gasteiger partial charge in [0.1, 0.15) is 5.82 Å². The van der Waals surface area contributed by atoms with Crippen molar-refractivity contribution in [2.24, 2.45) is 0 Å². The van der Waals surface area contributed by atoms with Crippen molar-refractivity contribution in [2.75, 3.05) is 5.32 Å². The van der Waals surface area contributed by atoms with E-state index in [2.05, 4.69) is 53.5 Å². The van der Waals surface area contributed by atoms with Gasteiger partial charge in [-0.2, -0.15) is 15.3 Å². The molecule has 0 unspecified atom stereocenters. The molecular weight excluding hydrogens is 388 g/mol. The first kappa shape index (κ1) is 17.3. The summed E-state index contributed by atoms with van der Waals surface area (Å²) in [6.07, 6.45) is 9.01. The second-order valence-corrected chi connectivity index (χ2v) is 7.12. The quantitative estimate of drug-likeness (QED) is 0.449. The van der Waals surface area contributed by atoms with Gasteiger partial charge in [0.15, 0.2) is 5.82 Å². The highest BCUT2D eigenvalue weighted by molar-refractivity contribution is 5.86. The summed E-state index contributed by atoms with van der Waals surface area (Å²) in [4.78, 5) is 9.21. The molecule has 0 aliphatic carbocycles. The highest BCUT2D eigenvalue weighted by Crippen LogP contribution is 2.26. The van der Waals surface area contributed by atoms with Crippen molar-refractivity contribution in [1.29, 1.82) is 0 Å². The molecule has 8 nitrogen and oxygen atoms in total. The third-order valence-corrected chi connectivity index (χ3v) is 5.17. The average Bonchev–Trinajstić information content (AvgIpc) is 3.46. The molecule has 0 aliphatic rings. The molecule has 0 radical (unpaired) electrons. The predicted octanol–water partition coefficient (Wildman–Crippen LogP) is 4.50. The fourth-order valence-electron chi connectivity index (χ4n) is 3.65. The third kappa shape index (κ3) is 3.16. The summed E-state index contributed by atoms with van der Waals surface area (Å²) < 4.78 is 2.08. The Hall–Kier alpha value is -4.59. The molecule has 0 saturated carbocycles. The molecule has 0 saturated heterocycles. The molecule has 4 aromatic heterocycles. The minimum Gasteiger partial charge on any atom is -0.340 e. The Bertz CT molecular complexity index is 1520. The number of nitrogens with zero attached hydrogens (tertiary/aromatic N) is 6. The van der Waals surface area contributed by atoms with Crippen LogP contribution in [0.4, 0.5) is 11.5 Å². The molecule has 2 N–H and O–H groups in total. The van der Waals surface area contributed by atoms with Gasteiger partial charge < -0.3 is 9.88 Å². The van der Waals surface area contributed by atoms with Crippen LogP contribution in [0, 0.1) is 0 Å². The first-order valence-electron chi connectivity index (χ1n) is 9.75. The van der Waals surface area contributed by atoms with Gasteiger partial charge in [0.05, 0.1) is 35.3 Å². The fraction of sp³-hybridized carbons (Fsp3) is 0. The summed E-state index contributed by atoms with van der Waals surface area (Å²) >= 11 is 0. The Morgan fingerprint density at radius 1 is 0.839 bits per heavy atom. The number of H-pyrrole nitrogens is 1. The first-order chi connectivity index (χ1) is 15.3. The Morgan fingerprint density at radius 3 is 2.77 bits per heavy atom. The van der Waals surface area contributed by atoms with E-state index in [1.54, 1.807) is 24.8 Å². The zero-order valence-corrected chi connectivity index (χ0v) is 16.3. The van der Waals surface area contributed by atoms with Crippen LogP contribution in [0.3, 0.4) is 0 Å². The molecule has 8 heteroatoms. The first-order valence-corrected chi connectivity index (χ1v) is 9.75. The highest BCUT2D eigenvalue weighted by atomic mass is 15.1. The third-order valence-electron chi connectivity index (χ3n) is 5.17. The SMILES string of the molecule is c1cc(-n2ccc3ccc(-c4nccc(Nc5ccc6[nH]ncc6c5)n4)cc32)cnn1. The lowest BCUT2D eigenvalue weighted by molar-refractivity contribution is 0.990. The van der Waals surface area contributed by atoms with E-state index < -0.39 is 0 Å². The minimum atomic E-state index is 0.650. The van der Waals surface area contributed by atoms with E-state index in [4.69, 9.17) is 4.98 Å². The number of hydrogen-bond donors (Lipinski definition) is 2. The fourth-order valence-corrected chi connectivity index (χ4v) is 3.65. The molecule has 6 aromatic rings. The van der Waals surface area contributed by atoms with Crippen molar-refractivity contribution in [3.05, 3.63) is 85.6 Å². The standard InChI is InChI=1S/C23H16N8/c1-2-16(12-21-15(1)7-10-31(21)19-5-9-25-26-14-19)23-24-8-6-22(29-23)28-18-3-4-20-17(11-18)13-27-30-20/h1-14H,(H,27,30)(H,24,28,29). The van der Waals surface area contributed by atoms with E-state index in [1.165, 1.54) is 0 Å². The summed E-state index contributed by atoms with van der Waals surface area (Å²) in [5, 5.41) is 20.4. The molecule has 0 bridgehead atoms. The number of rotatable bonds is 4. The smallest absolute Gasteiger partial charge is 0.161 e. The molecule has 0 aliphatic heterocycles. The second kappa shape index (κ2) is 7.03. The van der Waals surface area contributed by atoms with Crippen molar-refractivity contribution in [1.82, 2.24) is 34.9 Å². The van der Waals surface area contributed by atoms with Crippen LogP contribution >= 0.6 is 0 Å². The van der Waals surface area contributed by atoms with Crippen LogP contribution in [0.1, 0.15) is 0 Å².